The van der Waals surface area contributed by atoms with Crippen LogP contribution in [0.4, 0.5) is 5.69 Å². The van der Waals surface area contributed by atoms with Gasteiger partial charge >= 0.3 is 0 Å². The first kappa shape index (κ1) is 14.5. The van der Waals surface area contributed by atoms with Crippen molar-refractivity contribution >= 4 is 5.69 Å². The molecule has 2 aliphatic rings. The number of nitrogens with one attached hydrogen (secondary N) is 1. The van der Waals surface area contributed by atoms with Gasteiger partial charge in [0.25, 0.3) is 0 Å². The average molecular weight is 290 g/mol. The monoisotopic (exact) mass is 290 g/mol. The first-order chi connectivity index (χ1) is 10.4. The third-order valence-electron chi connectivity index (χ3n) is 4.24. The average Bonchev–Trinajstić information content (AvgIpc) is 2.85. The summed E-state index contributed by atoms with van der Waals surface area (Å²) in [6.07, 6.45) is 3.43. The molecule has 0 saturated carbocycles. The fraction of sp³-hybridized carbons (Fsp3) is 0.647. The van der Waals surface area contributed by atoms with Crippen molar-refractivity contribution in [3.8, 4) is 11.5 Å². The highest BCUT2D eigenvalue weighted by Crippen LogP contribution is 2.35. The van der Waals surface area contributed by atoms with E-state index in [0.717, 1.165) is 63.2 Å². The van der Waals surface area contributed by atoms with E-state index >= 15 is 0 Å². The molecule has 3 rings (SSSR count). The smallest absolute Gasteiger partial charge is 0.163 e. The molecular weight excluding hydrogens is 264 g/mol. The van der Waals surface area contributed by atoms with Crippen molar-refractivity contribution in [1.29, 1.82) is 0 Å². The lowest BCUT2D eigenvalue weighted by atomic mass is 10.1. The molecule has 0 spiro atoms. The minimum atomic E-state index is 0.750. The fourth-order valence-corrected chi connectivity index (χ4v) is 3.07. The van der Waals surface area contributed by atoms with E-state index in [1.807, 2.05) is 0 Å². The number of rotatable bonds is 5. The normalized spacial score (nSPS) is 21.4. The van der Waals surface area contributed by atoms with Crippen LogP contribution >= 0.6 is 0 Å². The van der Waals surface area contributed by atoms with Crippen LogP contribution in [0.5, 0.6) is 11.5 Å². The van der Waals surface area contributed by atoms with E-state index in [0.29, 0.717) is 0 Å². The Hall–Kier alpha value is -1.42. The molecule has 0 radical (unpaired) electrons. The van der Waals surface area contributed by atoms with Gasteiger partial charge in [-0.15, -0.1) is 0 Å². The van der Waals surface area contributed by atoms with Crippen molar-refractivity contribution in [2.24, 2.45) is 5.92 Å². The van der Waals surface area contributed by atoms with Crippen LogP contribution in [-0.4, -0.2) is 39.4 Å². The van der Waals surface area contributed by atoms with E-state index in [9.17, 15) is 0 Å². The van der Waals surface area contributed by atoms with Gasteiger partial charge in [0.05, 0.1) is 13.2 Å². The van der Waals surface area contributed by atoms with E-state index in [2.05, 4.69) is 35.3 Å². The quantitative estimate of drug-likeness (QED) is 0.845. The van der Waals surface area contributed by atoms with Crippen molar-refractivity contribution in [2.75, 3.05) is 44.3 Å². The highest BCUT2D eigenvalue weighted by Gasteiger charge is 2.23. The van der Waals surface area contributed by atoms with Gasteiger partial charge in [0.1, 0.15) is 0 Å². The number of hydrogen-bond donors (Lipinski definition) is 1. The van der Waals surface area contributed by atoms with Crippen molar-refractivity contribution in [3.63, 3.8) is 0 Å². The van der Waals surface area contributed by atoms with Crippen molar-refractivity contribution in [1.82, 2.24) is 5.32 Å². The highest BCUT2D eigenvalue weighted by molar-refractivity contribution is 5.57. The fourth-order valence-electron chi connectivity index (χ4n) is 3.07. The van der Waals surface area contributed by atoms with E-state index in [1.54, 1.807) is 0 Å². The first-order valence-corrected chi connectivity index (χ1v) is 8.22. The second kappa shape index (κ2) is 7.03. The number of ether oxygens (including phenoxy) is 2. The van der Waals surface area contributed by atoms with Crippen molar-refractivity contribution in [3.05, 3.63) is 18.2 Å². The Bertz CT molecular complexity index is 464. The predicted octanol–water partition coefficient (Wildman–Crippen LogP) is 2.67. The van der Waals surface area contributed by atoms with Gasteiger partial charge in [-0.2, -0.15) is 0 Å². The molecule has 0 aliphatic carbocycles. The molecule has 1 aromatic rings. The summed E-state index contributed by atoms with van der Waals surface area (Å²) in [5.74, 6) is 2.54. The zero-order valence-corrected chi connectivity index (χ0v) is 12.9. The zero-order chi connectivity index (χ0) is 14.5. The maximum absolute atomic E-state index is 5.79. The van der Waals surface area contributed by atoms with Gasteiger partial charge < -0.3 is 19.7 Å². The minimum Gasteiger partial charge on any atom is -0.490 e. The molecule has 2 aliphatic heterocycles. The Balaban J connectivity index is 1.61. The molecule has 1 saturated heterocycles. The molecule has 0 aromatic heterocycles. The standard InChI is InChI=1S/C17H26N2O2/c1-2-7-18-12-14-6-8-19(13-14)15-4-5-16-17(11-15)21-10-3-9-20-16/h4-5,11,14,18H,2-3,6-10,12-13H2,1H3. The SMILES string of the molecule is CCCNCC1CCN(c2ccc3c(c2)OCCCO3)C1. The zero-order valence-electron chi connectivity index (χ0n) is 12.9. The molecule has 1 unspecified atom stereocenters. The van der Waals surface area contributed by atoms with E-state index < -0.39 is 0 Å². The maximum Gasteiger partial charge on any atom is 0.163 e. The Morgan fingerprint density at radius 1 is 1.24 bits per heavy atom. The van der Waals surface area contributed by atoms with Crippen LogP contribution in [0.3, 0.4) is 0 Å². The minimum absolute atomic E-state index is 0.750. The van der Waals surface area contributed by atoms with Crippen molar-refractivity contribution in [2.45, 2.75) is 26.2 Å². The third kappa shape index (κ3) is 3.62. The molecule has 2 heterocycles. The Morgan fingerprint density at radius 2 is 2.10 bits per heavy atom. The summed E-state index contributed by atoms with van der Waals surface area (Å²) in [4.78, 5) is 2.47. The summed E-state index contributed by atoms with van der Waals surface area (Å²) in [7, 11) is 0. The summed E-state index contributed by atoms with van der Waals surface area (Å²) in [5.41, 5.74) is 1.26. The molecule has 4 heteroatoms. The summed E-state index contributed by atoms with van der Waals surface area (Å²) in [6, 6.07) is 6.36. The van der Waals surface area contributed by atoms with Gasteiger partial charge in [0.2, 0.25) is 0 Å². The van der Waals surface area contributed by atoms with Crippen LogP contribution in [0.25, 0.3) is 0 Å². The van der Waals surface area contributed by atoms with Gasteiger partial charge in [-0.1, -0.05) is 6.92 Å². The molecular formula is C17H26N2O2. The van der Waals surface area contributed by atoms with Gasteiger partial charge in [0, 0.05) is 31.3 Å². The number of hydrogen-bond acceptors (Lipinski definition) is 4. The number of nitrogens with zero attached hydrogens (tertiary/aromatic N) is 1. The van der Waals surface area contributed by atoms with Gasteiger partial charge in [0.15, 0.2) is 11.5 Å². The van der Waals surface area contributed by atoms with Gasteiger partial charge in [-0.05, 0) is 44.0 Å². The van der Waals surface area contributed by atoms with Crippen LogP contribution in [-0.2, 0) is 0 Å². The molecule has 4 nitrogen and oxygen atoms in total. The van der Waals surface area contributed by atoms with Crippen molar-refractivity contribution < 1.29 is 9.47 Å². The molecule has 21 heavy (non-hydrogen) atoms. The molecule has 0 bridgehead atoms. The number of benzene rings is 1. The maximum atomic E-state index is 5.79. The van der Waals surface area contributed by atoms with Crippen LogP contribution in [0, 0.1) is 5.92 Å². The van der Waals surface area contributed by atoms with Crippen LogP contribution < -0.4 is 19.7 Å². The molecule has 1 N–H and O–H groups in total. The highest BCUT2D eigenvalue weighted by atomic mass is 16.5. The Kier molecular flexibility index (Phi) is 4.86. The molecule has 1 atom stereocenters. The second-order valence-corrected chi connectivity index (χ2v) is 5.99. The second-order valence-electron chi connectivity index (χ2n) is 5.99. The van der Waals surface area contributed by atoms with Crippen LogP contribution in [0.15, 0.2) is 18.2 Å². The van der Waals surface area contributed by atoms with Gasteiger partial charge in [-0.25, -0.2) is 0 Å². The Morgan fingerprint density at radius 3 is 2.95 bits per heavy atom. The van der Waals surface area contributed by atoms with Crippen LogP contribution in [0.2, 0.25) is 0 Å². The summed E-state index contributed by atoms with van der Waals surface area (Å²) < 4.78 is 11.5. The molecule has 1 fully saturated rings. The number of fused-ring (bicyclic) bond motifs is 1. The molecule has 1 aromatic carbocycles. The lowest BCUT2D eigenvalue weighted by molar-refractivity contribution is 0.297. The first-order valence-electron chi connectivity index (χ1n) is 8.22. The predicted molar refractivity (Wildman–Crippen MR) is 85.5 cm³/mol. The van der Waals surface area contributed by atoms with Gasteiger partial charge in [-0.3, -0.25) is 0 Å². The Labute approximate surface area is 127 Å². The lowest BCUT2D eigenvalue weighted by Gasteiger charge is -2.20. The summed E-state index contributed by atoms with van der Waals surface area (Å²) in [6.45, 7) is 8.25. The van der Waals surface area contributed by atoms with Crippen LogP contribution in [0.1, 0.15) is 26.2 Å². The van der Waals surface area contributed by atoms with E-state index in [-0.39, 0.29) is 0 Å². The molecule has 116 valence electrons. The molecule has 0 amide bonds. The third-order valence-corrected chi connectivity index (χ3v) is 4.24. The lowest BCUT2D eigenvalue weighted by Crippen LogP contribution is -2.26. The van der Waals surface area contributed by atoms with E-state index in [1.165, 1.54) is 18.5 Å². The largest absolute Gasteiger partial charge is 0.490 e. The number of anilines is 1. The topological polar surface area (TPSA) is 33.7 Å². The summed E-state index contributed by atoms with van der Waals surface area (Å²) in [5, 5.41) is 3.54. The summed E-state index contributed by atoms with van der Waals surface area (Å²) >= 11 is 0. The van der Waals surface area contributed by atoms with E-state index in [4.69, 9.17) is 9.47 Å².